The van der Waals surface area contributed by atoms with Gasteiger partial charge in [-0.15, -0.1) is 0 Å². The third-order valence-corrected chi connectivity index (χ3v) is 4.23. The van der Waals surface area contributed by atoms with E-state index in [-0.39, 0.29) is 6.03 Å². The number of carbonyl (C=O) groups is 1. The number of rotatable bonds is 4. The van der Waals surface area contributed by atoms with Crippen molar-refractivity contribution in [2.45, 2.75) is 6.54 Å². The Bertz CT molecular complexity index is 910. The maximum atomic E-state index is 12.1. The molecule has 0 radical (unpaired) electrons. The van der Waals surface area contributed by atoms with Crippen LogP contribution >= 0.6 is 23.2 Å². The van der Waals surface area contributed by atoms with Gasteiger partial charge in [-0.3, -0.25) is 9.67 Å². The van der Waals surface area contributed by atoms with Crippen molar-refractivity contribution in [2.24, 2.45) is 7.05 Å². The van der Waals surface area contributed by atoms with Gasteiger partial charge in [0.15, 0.2) is 0 Å². The summed E-state index contributed by atoms with van der Waals surface area (Å²) in [6.45, 7) is 0.325. The Morgan fingerprint density at radius 1 is 1.24 bits per heavy atom. The maximum Gasteiger partial charge on any atom is 0.319 e. The van der Waals surface area contributed by atoms with E-state index in [0.29, 0.717) is 22.3 Å². The van der Waals surface area contributed by atoms with Crippen LogP contribution in [0.25, 0.3) is 11.3 Å². The molecular weight excluding hydrogens is 361 g/mol. The van der Waals surface area contributed by atoms with E-state index in [9.17, 15) is 4.79 Å². The first kappa shape index (κ1) is 17.3. The number of urea groups is 1. The molecule has 0 aliphatic carbocycles. The number of hydrogen-bond acceptors (Lipinski definition) is 3. The van der Waals surface area contributed by atoms with Crippen molar-refractivity contribution in [1.82, 2.24) is 20.1 Å². The average molecular weight is 376 g/mol. The fourth-order valence-corrected chi connectivity index (χ4v) is 2.61. The first-order valence-electron chi connectivity index (χ1n) is 7.46. The second-order valence-electron chi connectivity index (χ2n) is 5.35. The Morgan fingerprint density at radius 2 is 2.08 bits per heavy atom. The molecule has 0 atom stereocenters. The molecule has 0 saturated heterocycles. The van der Waals surface area contributed by atoms with Gasteiger partial charge in [-0.1, -0.05) is 29.3 Å². The second-order valence-corrected chi connectivity index (χ2v) is 6.16. The van der Waals surface area contributed by atoms with Crippen LogP contribution in [0.5, 0.6) is 0 Å². The molecule has 1 aromatic carbocycles. The van der Waals surface area contributed by atoms with Crippen LogP contribution in [-0.2, 0) is 13.6 Å². The van der Waals surface area contributed by atoms with E-state index in [1.54, 1.807) is 35.3 Å². The van der Waals surface area contributed by atoms with Gasteiger partial charge in [0, 0.05) is 37.2 Å². The van der Waals surface area contributed by atoms with E-state index in [1.165, 1.54) is 0 Å². The fraction of sp³-hybridized carbons (Fsp3) is 0.118. The summed E-state index contributed by atoms with van der Waals surface area (Å²) in [5.74, 6) is 0. The van der Waals surface area contributed by atoms with E-state index in [4.69, 9.17) is 23.2 Å². The largest absolute Gasteiger partial charge is 0.334 e. The number of carbonyl (C=O) groups excluding carboxylic acids is 1. The van der Waals surface area contributed by atoms with E-state index in [2.05, 4.69) is 20.7 Å². The Kier molecular flexibility index (Phi) is 5.21. The standard InChI is InChI=1S/C17H15Cl2N5O/c1-24-10-12(9-22-24)16-11(3-2-6-20-16)8-21-17(25)23-13-4-5-14(18)15(19)7-13/h2-7,9-10H,8H2,1H3,(H2,21,23,25). The van der Waals surface area contributed by atoms with Crippen LogP contribution in [0.3, 0.4) is 0 Å². The predicted octanol–water partition coefficient (Wildman–Crippen LogP) is 4.11. The number of anilines is 1. The van der Waals surface area contributed by atoms with Gasteiger partial charge in [-0.05, 0) is 29.8 Å². The molecule has 0 fully saturated rings. The van der Waals surface area contributed by atoms with Gasteiger partial charge in [0.25, 0.3) is 0 Å². The number of hydrogen-bond donors (Lipinski definition) is 2. The zero-order valence-electron chi connectivity index (χ0n) is 13.3. The number of nitrogens with one attached hydrogen (secondary N) is 2. The molecule has 2 heterocycles. The van der Waals surface area contributed by atoms with E-state index >= 15 is 0 Å². The van der Waals surface area contributed by atoms with Crippen LogP contribution in [0.15, 0.2) is 48.9 Å². The molecule has 128 valence electrons. The lowest BCUT2D eigenvalue weighted by Gasteiger charge is -2.10. The first-order valence-corrected chi connectivity index (χ1v) is 8.21. The summed E-state index contributed by atoms with van der Waals surface area (Å²) < 4.78 is 1.71. The highest BCUT2D eigenvalue weighted by molar-refractivity contribution is 6.42. The van der Waals surface area contributed by atoms with Gasteiger partial charge >= 0.3 is 6.03 Å². The quantitative estimate of drug-likeness (QED) is 0.720. The summed E-state index contributed by atoms with van der Waals surface area (Å²) in [7, 11) is 1.84. The molecule has 0 aliphatic heterocycles. The molecule has 0 bridgehead atoms. The highest BCUT2D eigenvalue weighted by atomic mass is 35.5. The molecule has 0 saturated carbocycles. The third-order valence-electron chi connectivity index (χ3n) is 3.49. The van der Waals surface area contributed by atoms with E-state index in [0.717, 1.165) is 16.8 Å². The number of halogens is 2. The van der Waals surface area contributed by atoms with Crippen LogP contribution in [0.2, 0.25) is 10.0 Å². The van der Waals surface area contributed by atoms with Gasteiger partial charge < -0.3 is 10.6 Å². The molecule has 0 spiro atoms. The predicted molar refractivity (Wildman–Crippen MR) is 98.8 cm³/mol. The molecule has 0 unspecified atom stereocenters. The lowest BCUT2D eigenvalue weighted by molar-refractivity contribution is 0.252. The first-order chi connectivity index (χ1) is 12.0. The van der Waals surface area contributed by atoms with E-state index < -0.39 is 0 Å². The topological polar surface area (TPSA) is 71.8 Å². The van der Waals surface area contributed by atoms with Crippen LogP contribution in [0, 0.1) is 0 Å². The van der Waals surface area contributed by atoms with Crippen LogP contribution < -0.4 is 10.6 Å². The van der Waals surface area contributed by atoms with Crippen molar-refractivity contribution >= 4 is 34.9 Å². The Balaban J connectivity index is 1.67. The Labute approximate surface area is 154 Å². The summed E-state index contributed by atoms with van der Waals surface area (Å²) >= 11 is 11.8. The summed E-state index contributed by atoms with van der Waals surface area (Å²) in [6, 6.07) is 8.29. The monoisotopic (exact) mass is 375 g/mol. The summed E-state index contributed by atoms with van der Waals surface area (Å²) in [5, 5.41) is 10.5. The Morgan fingerprint density at radius 3 is 2.80 bits per heavy atom. The summed E-state index contributed by atoms with van der Waals surface area (Å²) in [4.78, 5) is 16.5. The number of benzene rings is 1. The average Bonchev–Trinajstić information content (AvgIpc) is 3.03. The summed E-state index contributed by atoms with van der Waals surface area (Å²) in [5.41, 5.74) is 3.13. The zero-order chi connectivity index (χ0) is 17.8. The van der Waals surface area contributed by atoms with Crippen molar-refractivity contribution in [1.29, 1.82) is 0 Å². The smallest absolute Gasteiger partial charge is 0.319 e. The van der Waals surface area contributed by atoms with Gasteiger partial charge in [-0.2, -0.15) is 5.10 Å². The number of aryl methyl sites for hydroxylation is 1. The molecule has 2 aromatic heterocycles. The highest BCUT2D eigenvalue weighted by Gasteiger charge is 2.10. The van der Waals surface area contributed by atoms with Crippen LogP contribution in [0.4, 0.5) is 10.5 Å². The Hall–Kier alpha value is -2.57. The summed E-state index contributed by atoms with van der Waals surface area (Å²) in [6.07, 6.45) is 5.32. The highest BCUT2D eigenvalue weighted by Crippen LogP contribution is 2.25. The molecular formula is C17H15Cl2N5O. The van der Waals surface area contributed by atoms with Gasteiger partial charge in [-0.25, -0.2) is 4.79 Å². The minimum absolute atomic E-state index is 0.325. The third kappa shape index (κ3) is 4.29. The van der Waals surface area contributed by atoms with Crippen molar-refractivity contribution in [2.75, 3.05) is 5.32 Å². The van der Waals surface area contributed by atoms with Gasteiger partial charge in [0.05, 0.1) is 21.9 Å². The SMILES string of the molecule is Cn1cc(-c2ncccc2CNC(=O)Nc2ccc(Cl)c(Cl)c2)cn1. The number of pyridine rings is 1. The van der Waals surface area contributed by atoms with Crippen LogP contribution in [-0.4, -0.2) is 20.8 Å². The molecule has 3 aromatic rings. The molecule has 0 aliphatic rings. The second kappa shape index (κ2) is 7.55. The molecule has 25 heavy (non-hydrogen) atoms. The minimum Gasteiger partial charge on any atom is -0.334 e. The maximum absolute atomic E-state index is 12.1. The molecule has 2 amide bonds. The van der Waals surface area contributed by atoms with Crippen molar-refractivity contribution in [3.05, 3.63) is 64.5 Å². The van der Waals surface area contributed by atoms with Crippen molar-refractivity contribution in [3.8, 4) is 11.3 Å². The lowest BCUT2D eigenvalue weighted by Crippen LogP contribution is -2.28. The molecule has 2 N–H and O–H groups in total. The zero-order valence-corrected chi connectivity index (χ0v) is 14.8. The van der Waals surface area contributed by atoms with Crippen molar-refractivity contribution < 1.29 is 4.79 Å². The normalized spacial score (nSPS) is 10.5. The minimum atomic E-state index is -0.348. The fourth-order valence-electron chi connectivity index (χ4n) is 2.31. The lowest BCUT2D eigenvalue weighted by atomic mass is 10.1. The van der Waals surface area contributed by atoms with Gasteiger partial charge in [0.2, 0.25) is 0 Å². The van der Waals surface area contributed by atoms with Crippen LogP contribution in [0.1, 0.15) is 5.56 Å². The van der Waals surface area contributed by atoms with E-state index in [1.807, 2.05) is 25.4 Å². The molecule has 3 rings (SSSR count). The van der Waals surface area contributed by atoms with Gasteiger partial charge in [0.1, 0.15) is 0 Å². The number of amides is 2. The molecule has 6 nitrogen and oxygen atoms in total. The molecule has 8 heteroatoms. The number of aromatic nitrogens is 3. The van der Waals surface area contributed by atoms with Crippen molar-refractivity contribution in [3.63, 3.8) is 0 Å². The number of nitrogens with zero attached hydrogens (tertiary/aromatic N) is 3.